The molecule has 108 valence electrons. The van der Waals surface area contributed by atoms with E-state index in [9.17, 15) is 0 Å². The van der Waals surface area contributed by atoms with Crippen LogP contribution in [0.3, 0.4) is 0 Å². The summed E-state index contributed by atoms with van der Waals surface area (Å²) in [5.41, 5.74) is 2.72. The Kier molecular flexibility index (Phi) is 5.30. The normalized spacial score (nSPS) is 14.2. The highest BCUT2D eigenvalue weighted by Gasteiger charge is 2.12. The van der Waals surface area contributed by atoms with Crippen LogP contribution in [0.25, 0.3) is 0 Å². The van der Waals surface area contributed by atoms with Gasteiger partial charge in [-0.1, -0.05) is 37.6 Å². The highest BCUT2D eigenvalue weighted by atomic mass is 15.2. The molecule has 2 rings (SSSR count). The molecule has 2 aromatic rings. The number of H-pyrrole nitrogens is 1. The largest absolute Gasteiger partial charge is 0.301 e. The molecule has 0 aliphatic rings. The van der Waals surface area contributed by atoms with Gasteiger partial charge in [-0.05, 0) is 37.8 Å². The maximum absolute atomic E-state index is 4.18. The van der Waals surface area contributed by atoms with Crippen molar-refractivity contribution in [3.8, 4) is 0 Å². The van der Waals surface area contributed by atoms with Gasteiger partial charge in [-0.25, -0.2) is 4.98 Å². The van der Waals surface area contributed by atoms with E-state index in [-0.39, 0.29) is 12.1 Å². The second-order valence-electron chi connectivity index (χ2n) is 5.33. The van der Waals surface area contributed by atoms with Crippen LogP contribution >= 0.6 is 0 Å². The Hall–Kier alpha value is -1.68. The average molecular weight is 272 g/mol. The molecule has 0 saturated heterocycles. The van der Waals surface area contributed by atoms with Gasteiger partial charge in [0.05, 0.1) is 6.04 Å². The fraction of sp³-hybridized carbons (Fsp3) is 0.500. The van der Waals surface area contributed by atoms with Crippen LogP contribution in [0.15, 0.2) is 30.6 Å². The number of unbranched alkanes of at least 4 members (excludes halogenated alkanes) is 1. The van der Waals surface area contributed by atoms with Gasteiger partial charge in [0.25, 0.3) is 0 Å². The van der Waals surface area contributed by atoms with Crippen molar-refractivity contribution in [2.45, 2.75) is 52.1 Å². The summed E-state index contributed by atoms with van der Waals surface area (Å²) >= 11 is 0. The molecule has 0 spiro atoms. The summed E-state index contributed by atoms with van der Waals surface area (Å²) in [6.07, 6.45) is 5.22. The molecule has 0 saturated carbocycles. The maximum Gasteiger partial charge on any atom is 0.141 e. The zero-order valence-electron chi connectivity index (χ0n) is 12.6. The van der Waals surface area contributed by atoms with Crippen LogP contribution < -0.4 is 5.32 Å². The van der Waals surface area contributed by atoms with Crippen molar-refractivity contribution in [1.29, 1.82) is 0 Å². The third kappa shape index (κ3) is 3.90. The number of hydrogen-bond donors (Lipinski definition) is 2. The summed E-state index contributed by atoms with van der Waals surface area (Å²) in [4.78, 5) is 4.18. The molecule has 0 aliphatic heterocycles. The maximum atomic E-state index is 4.18. The predicted octanol–water partition coefficient (Wildman–Crippen LogP) is 3.56. The second-order valence-corrected chi connectivity index (χ2v) is 5.33. The molecule has 2 atom stereocenters. The topological polar surface area (TPSA) is 53.6 Å². The van der Waals surface area contributed by atoms with Crippen molar-refractivity contribution < 1.29 is 0 Å². The summed E-state index contributed by atoms with van der Waals surface area (Å²) in [6, 6.07) is 9.36. The fourth-order valence-corrected chi connectivity index (χ4v) is 2.33. The molecule has 20 heavy (non-hydrogen) atoms. The molecule has 0 aliphatic carbocycles. The quantitative estimate of drug-likeness (QED) is 0.810. The van der Waals surface area contributed by atoms with Gasteiger partial charge in [-0.2, -0.15) is 5.10 Å². The Morgan fingerprint density at radius 2 is 1.90 bits per heavy atom. The van der Waals surface area contributed by atoms with E-state index in [0.717, 1.165) is 5.82 Å². The minimum Gasteiger partial charge on any atom is -0.301 e. The van der Waals surface area contributed by atoms with Crippen molar-refractivity contribution in [1.82, 2.24) is 20.5 Å². The van der Waals surface area contributed by atoms with Gasteiger partial charge in [-0.15, -0.1) is 0 Å². The van der Waals surface area contributed by atoms with E-state index in [1.807, 2.05) is 0 Å². The number of nitrogens with one attached hydrogen (secondary N) is 2. The lowest BCUT2D eigenvalue weighted by Crippen LogP contribution is -2.23. The Balaban J connectivity index is 1.93. The van der Waals surface area contributed by atoms with E-state index < -0.39 is 0 Å². The van der Waals surface area contributed by atoms with Gasteiger partial charge in [0.15, 0.2) is 0 Å². The highest BCUT2D eigenvalue weighted by molar-refractivity contribution is 5.25. The molecule has 1 aromatic heterocycles. The molecule has 0 fully saturated rings. The van der Waals surface area contributed by atoms with Crippen LogP contribution in [0.1, 0.15) is 62.6 Å². The van der Waals surface area contributed by atoms with Crippen LogP contribution in [0, 0.1) is 0 Å². The lowest BCUT2D eigenvalue weighted by molar-refractivity contribution is 0.477. The Morgan fingerprint density at radius 3 is 2.50 bits per heavy atom. The minimum atomic E-state index is 0.160. The van der Waals surface area contributed by atoms with Crippen molar-refractivity contribution in [2.24, 2.45) is 0 Å². The number of benzene rings is 1. The molecule has 0 radical (unpaired) electrons. The summed E-state index contributed by atoms with van der Waals surface area (Å²) in [6.45, 7) is 6.49. The van der Waals surface area contributed by atoms with Crippen LogP contribution in [0.5, 0.6) is 0 Å². The lowest BCUT2D eigenvalue weighted by Gasteiger charge is -2.19. The summed E-state index contributed by atoms with van der Waals surface area (Å²) in [5, 5.41) is 10.3. The zero-order chi connectivity index (χ0) is 14.4. The number of aromatic amines is 1. The van der Waals surface area contributed by atoms with Crippen LogP contribution in [-0.2, 0) is 6.42 Å². The van der Waals surface area contributed by atoms with Gasteiger partial charge >= 0.3 is 0 Å². The first-order valence-electron chi connectivity index (χ1n) is 7.41. The number of aryl methyl sites for hydroxylation is 1. The van der Waals surface area contributed by atoms with Crippen molar-refractivity contribution in [3.63, 3.8) is 0 Å². The van der Waals surface area contributed by atoms with E-state index in [1.54, 1.807) is 6.33 Å². The van der Waals surface area contributed by atoms with Crippen LogP contribution in [0.2, 0.25) is 0 Å². The summed E-state index contributed by atoms with van der Waals surface area (Å²) < 4.78 is 0. The first-order valence-corrected chi connectivity index (χ1v) is 7.41. The summed E-state index contributed by atoms with van der Waals surface area (Å²) in [5.74, 6) is 0.872. The second kappa shape index (κ2) is 7.20. The van der Waals surface area contributed by atoms with E-state index in [2.05, 4.69) is 65.5 Å². The molecule has 4 nitrogen and oxygen atoms in total. The van der Waals surface area contributed by atoms with Gasteiger partial charge in [0, 0.05) is 6.04 Å². The van der Waals surface area contributed by atoms with Gasteiger partial charge in [-0.3, -0.25) is 5.10 Å². The Labute approximate surface area is 121 Å². The number of nitrogens with zero attached hydrogens (tertiary/aromatic N) is 2. The number of aromatic nitrogens is 3. The molecule has 2 unspecified atom stereocenters. The van der Waals surface area contributed by atoms with Gasteiger partial charge in [0.1, 0.15) is 12.2 Å². The van der Waals surface area contributed by atoms with Crippen molar-refractivity contribution in [3.05, 3.63) is 47.5 Å². The van der Waals surface area contributed by atoms with Gasteiger partial charge in [0.2, 0.25) is 0 Å². The Morgan fingerprint density at radius 1 is 1.15 bits per heavy atom. The van der Waals surface area contributed by atoms with E-state index in [1.165, 1.54) is 30.4 Å². The molecular weight excluding hydrogens is 248 g/mol. The zero-order valence-corrected chi connectivity index (χ0v) is 12.6. The first kappa shape index (κ1) is 14.7. The minimum absolute atomic E-state index is 0.160. The van der Waals surface area contributed by atoms with E-state index in [4.69, 9.17) is 0 Å². The fourth-order valence-electron chi connectivity index (χ4n) is 2.33. The molecule has 0 bridgehead atoms. The molecular formula is C16H24N4. The molecule has 0 amide bonds. The number of rotatable bonds is 7. The smallest absolute Gasteiger partial charge is 0.141 e. The number of hydrogen-bond acceptors (Lipinski definition) is 3. The molecule has 1 aromatic carbocycles. The van der Waals surface area contributed by atoms with Crippen LogP contribution in [-0.4, -0.2) is 15.2 Å². The first-order chi connectivity index (χ1) is 9.70. The third-order valence-corrected chi connectivity index (χ3v) is 3.64. The van der Waals surface area contributed by atoms with E-state index in [0.29, 0.717) is 0 Å². The molecule has 1 heterocycles. The Bertz CT molecular complexity index is 490. The third-order valence-electron chi connectivity index (χ3n) is 3.64. The lowest BCUT2D eigenvalue weighted by atomic mass is 10.0. The average Bonchev–Trinajstić information content (AvgIpc) is 3.00. The monoisotopic (exact) mass is 272 g/mol. The SMILES string of the molecule is CCCCc1ccc(C(C)NC(C)c2ncn[nH]2)cc1. The van der Waals surface area contributed by atoms with Crippen LogP contribution in [0.4, 0.5) is 0 Å². The predicted molar refractivity (Wildman–Crippen MR) is 81.4 cm³/mol. The van der Waals surface area contributed by atoms with E-state index >= 15 is 0 Å². The molecule has 4 heteroatoms. The van der Waals surface area contributed by atoms with Crippen molar-refractivity contribution >= 4 is 0 Å². The highest BCUT2D eigenvalue weighted by Crippen LogP contribution is 2.18. The standard InChI is InChI=1S/C16H24N4/c1-4-5-6-14-7-9-15(10-8-14)12(2)19-13(3)16-17-11-18-20-16/h7-13,19H,4-6H2,1-3H3,(H,17,18,20). The molecule has 2 N–H and O–H groups in total. The van der Waals surface area contributed by atoms with Crippen molar-refractivity contribution in [2.75, 3.05) is 0 Å². The summed E-state index contributed by atoms with van der Waals surface area (Å²) in [7, 11) is 0. The van der Waals surface area contributed by atoms with Gasteiger partial charge < -0.3 is 5.32 Å².